The van der Waals surface area contributed by atoms with Gasteiger partial charge in [-0.3, -0.25) is 9.59 Å². The molecule has 1 aliphatic heterocycles. The van der Waals surface area contributed by atoms with E-state index in [0.717, 1.165) is 24.3 Å². The third-order valence-electron chi connectivity index (χ3n) is 4.05. The lowest BCUT2D eigenvalue weighted by Gasteiger charge is -2.23. The Hall–Kier alpha value is -1.59. The molecule has 1 saturated heterocycles. The number of likely N-dealkylation sites (tertiary alicyclic amines) is 1. The lowest BCUT2D eigenvalue weighted by Crippen LogP contribution is -2.31. The largest absolute Gasteiger partial charge is 0.334 e. The van der Waals surface area contributed by atoms with Gasteiger partial charge in [-0.15, -0.1) is 23.1 Å². The van der Waals surface area contributed by atoms with E-state index >= 15 is 0 Å². The summed E-state index contributed by atoms with van der Waals surface area (Å²) in [4.78, 5) is 28.3. The summed E-state index contributed by atoms with van der Waals surface area (Å²) in [5.41, 5.74) is 0.695. The van der Waals surface area contributed by atoms with Crippen LogP contribution in [0, 0.1) is 0 Å². The highest BCUT2D eigenvalue weighted by Crippen LogP contribution is 2.35. The summed E-state index contributed by atoms with van der Waals surface area (Å²) in [7, 11) is 0. The Labute approximate surface area is 144 Å². The Balaban J connectivity index is 1.63. The van der Waals surface area contributed by atoms with E-state index in [0.29, 0.717) is 11.3 Å². The monoisotopic (exact) mass is 345 g/mol. The number of amides is 1. The van der Waals surface area contributed by atoms with Gasteiger partial charge in [-0.05, 0) is 43.3 Å². The summed E-state index contributed by atoms with van der Waals surface area (Å²) in [5, 5.41) is 2.07. The highest BCUT2D eigenvalue weighted by atomic mass is 32.2. The van der Waals surface area contributed by atoms with Crippen LogP contribution in [0.25, 0.3) is 0 Å². The Kier molecular flexibility index (Phi) is 5.18. The van der Waals surface area contributed by atoms with Gasteiger partial charge in [0.05, 0.1) is 11.8 Å². The molecule has 0 radical (unpaired) electrons. The Bertz CT molecular complexity index is 697. The lowest BCUT2D eigenvalue weighted by molar-refractivity contribution is -0.129. The molecule has 2 aromatic rings. The maximum absolute atomic E-state index is 12.6. The molecular formula is C18H19NO2S2. The van der Waals surface area contributed by atoms with Crippen molar-refractivity contribution in [1.82, 2.24) is 4.90 Å². The van der Waals surface area contributed by atoms with Gasteiger partial charge in [0.15, 0.2) is 5.78 Å². The second-order valence-corrected chi connectivity index (χ2v) is 7.66. The molecule has 3 nitrogen and oxygen atoms in total. The van der Waals surface area contributed by atoms with E-state index in [1.165, 1.54) is 16.6 Å². The minimum Gasteiger partial charge on any atom is -0.334 e. The van der Waals surface area contributed by atoms with Crippen molar-refractivity contribution in [2.24, 2.45) is 0 Å². The highest BCUT2D eigenvalue weighted by molar-refractivity contribution is 8.00. The third-order valence-corrected chi connectivity index (χ3v) is 6.00. The maximum atomic E-state index is 12.6. The molecule has 0 bridgehead atoms. The average Bonchev–Trinajstić information content (AvgIpc) is 3.23. The van der Waals surface area contributed by atoms with Crippen LogP contribution < -0.4 is 0 Å². The molecule has 0 aliphatic carbocycles. The second-order valence-electron chi connectivity index (χ2n) is 5.63. The Morgan fingerprint density at radius 2 is 2.17 bits per heavy atom. The van der Waals surface area contributed by atoms with Crippen LogP contribution in [0.15, 0.2) is 46.7 Å². The number of nitrogens with zero attached hydrogens (tertiary/aromatic N) is 1. The van der Waals surface area contributed by atoms with E-state index in [2.05, 4.69) is 11.4 Å². The SMILES string of the molecule is CC(=O)c1cccc(SCC(=O)N2CCCC2c2cccs2)c1. The third kappa shape index (κ3) is 3.85. The summed E-state index contributed by atoms with van der Waals surface area (Å²) in [6, 6.07) is 11.9. The molecule has 1 aromatic heterocycles. The molecule has 120 valence electrons. The van der Waals surface area contributed by atoms with Crippen LogP contribution in [-0.2, 0) is 4.79 Å². The topological polar surface area (TPSA) is 37.4 Å². The van der Waals surface area contributed by atoms with Crippen LogP contribution in [0.5, 0.6) is 0 Å². The fraction of sp³-hybridized carbons (Fsp3) is 0.333. The van der Waals surface area contributed by atoms with Gasteiger partial charge in [0.2, 0.25) is 5.91 Å². The number of rotatable bonds is 5. The molecule has 0 N–H and O–H groups in total. The van der Waals surface area contributed by atoms with Gasteiger partial charge in [0, 0.05) is 21.9 Å². The Morgan fingerprint density at radius 1 is 1.30 bits per heavy atom. The fourth-order valence-electron chi connectivity index (χ4n) is 2.87. The number of benzene rings is 1. The van der Waals surface area contributed by atoms with Crippen molar-refractivity contribution < 1.29 is 9.59 Å². The molecule has 23 heavy (non-hydrogen) atoms. The van der Waals surface area contributed by atoms with E-state index in [-0.39, 0.29) is 17.7 Å². The first-order valence-corrected chi connectivity index (χ1v) is 9.58. The normalized spacial score (nSPS) is 17.4. The zero-order valence-corrected chi connectivity index (χ0v) is 14.7. The zero-order valence-electron chi connectivity index (χ0n) is 13.0. The van der Waals surface area contributed by atoms with Crippen molar-refractivity contribution in [3.05, 3.63) is 52.2 Å². The number of carbonyl (C=O) groups is 2. The van der Waals surface area contributed by atoms with E-state index in [9.17, 15) is 9.59 Å². The predicted molar refractivity (Wildman–Crippen MR) is 95.2 cm³/mol. The van der Waals surface area contributed by atoms with Crippen molar-refractivity contribution in [3.8, 4) is 0 Å². The number of Topliss-reactive ketones (excluding diaryl/α,β-unsaturated/α-hetero) is 1. The number of carbonyl (C=O) groups excluding carboxylic acids is 2. The van der Waals surface area contributed by atoms with Crippen molar-refractivity contribution in [3.63, 3.8) is 0 Å². The van der Waals surface area contributed by atoms with Gasteiger partial charge in [0.25, 0.3) is 0 Å². The molecule has 1 atom stereocenters. The molecule has 5 heteroatoms. The molecule has 3 rings (SSSR count). The molecule has 1 unspecified atom stereocenters. The van der Waals surface area contributed by atoms with Gasteiger partial charge < -0.3 is 4.90 Å². The van der Waals surface area contributed by atoms with E-state index in [1.54, 1.807) is 18.3 Å². The van der Waals surface area contributed by atoms with Crippen molar-refractivity contribution >= 4 is 34.8 Å². The maximum Gasteiger partial charge on any atom is 0.233 e. The number of ketones is 1. The smallest absolute Gasteiger partial charge is 0.233 e. The zero-order chi connectivity index (χ0) is 16.2. The van der Waals surface area contributed by atoms with Gasteiger partial charge in [0.1, 0.15) is 0 Å². The van der Waals surface area contributed by atoms with Crippen LogP contribution in [0.1, 0.15) is 41.0 Å². The molecule has 2 heterocycles. The summed E-state index contributed by atoms with van der Waals surface area (Å²) in [5.74, 6) is 0.652. The first-order valence-electron chi connectivity index (χ1n) is 7.72. The van der Waals surface area contributed by atoms with Crippen molar-refractivity contribution in [1.29, 1.82) is 0 Å². The first kappa shape index (κ1) is 16.3. The summed E-state index contributed by atoms with van der Waals surface area (Å²) in [6.45, 7) is 2.40. The predicted octanol–water partition coefficient (Wildman–Crippen LogP) is 4.41. The van der Waals surface area contributed by atoms with E-state index in [4.69, 9.17) is 0 Å². The minimum atomic E-state index is 0.0519. The van der Waals surface area contributed by atoms with E-state index < -0.39 is 0 Å². The average molecular weight is 345 g/mol. The summed E-state index contributed by atoms with van der Waals surface area (Å²) >= 11 is 3.23. The molecule has 0 saturated carbocycles. The van der Waals surface area contributed by atoms with Gasteiger partial charge in [-0.2, -0.15) is 0 Å². The molecule has 1 aromatic carbocycles. The van der Waals surface area contributed by atoms with Gasteiger partial charge >= 0.3 is 0 Å². The van der Waals surface area contributed by atoms with Crippen LogP contribution >= 0.6 is 23.1 Å². The van der Waals surface area contributed by atoms with Crippen LogP contribution in [-0.4, -0.2) is 28.9 Å². The highest BCUT2D eigenvalue weighted by Gasteiger charge is 2.30. The van der Waals surface area contributed by atoms with Crippen LogP contribution in [0.2, 0.25) is 0 Å². The van der Waals surface area contributed by atoms with Crippen LogP contribution in [0.3, 0.4) is 0 Å². The van der Waals surface area contributed by atoms with Crippen LogP contribution in [0.4, 0.5) is 0 Å². The fourth-order valence-corrected chi connectivity index (χ4v) is 4.59. The quantitative estimate of drug-likeness (QED) is 0.595. The van der Waals surface area contributed by atoms with Gasteiger partial charge in [-0.1, -0.05) is 18.2 Å². The molecule has 0 spiro atoms. The standard InChI is InChI=1S/C18H19NO2S2/c1-13(20)14-5-2-6-15(11-14)23-12-18(21)19-9-3-7-16(19)17-8-4-10-22-17/h2,4-6,8,10-11,16H,3,7,9,12H2,1H3. The first-order chi connectivity index (χ1) is 11.1. The van der Waals surface area contributed by atoms with Crippen molar-refractivity contribution in [2.75, 3.05) is 12.3 Å². The van der Waals surface area contributed by atoms with Gasteiger partial charge in [-0.25, -0.2) is 0 Å². The second kappa shape index (κ2) is 7.32. The lowest BCUT2D eigenvalue weighted by atomic mass is 10.2. The number of thioether (sulfide) groups is 1. The Morgan fingerprint density at radius 3 is 2.91 bits per heavy atom. The number of thiophene rings is 1. The molecule has 1 amide bonds. The number of hydrogen-bond acceptors (Lipinski definition) is 4. The minimum absolute atomic E-state index is 0.0519. The summed E-state index contributed by atoms with van der Waals surface area (Å²) in [6.07, 6.45) is 2.12. The summed E-state index contributed by atoms with van der Waals surface area (Å²) < 4.78 is 0. The number of hydrogen-bond donors (Lipinski definition) is 0. The van der Waals surface area contributed by atoms with E-state index in [1.807, 2.05) is 35.2 Å². The van der Waals surface area contributed by atoms with Crippen molar-refractivity contribution in [2.45, 2.75) is 30.7 Å². The molecule has 1 fully saturated rings. The molecule has 1 aliphatic rings. The molecular weight excluding hydrogens is 326 g/mol.